The summed E-state index contributed by atoms with van der Waals surface area (Å²) in [5.41, 5.74) is -1.15. The third-order valence-corrected chi connectivity index (χ3v) is 2.89. The van der Waals surface area contributed by atoms with E-state index < -0.39 is 23.4 Å². The molecule has 18 heavy (non-hydrogen) atoms. The van der Waals surface area contributed by atoms with Crippen LogP contribution in [0.4, 0.5) is 8.78 Å². The average molecular weight is 254 g/mol. The summed E-state index contributed by atoms with van der Waals surface area (Å²) in [4.78, 5) is 28.6. The van der Waals surface area contributed by atoms with Crippen LogP contribution in [0.2, 0.25) is 0 Å². The summed E-state index contributed by atoms with van der Waals surface area (Å²) >= 11 is 0. The van der Waals surface area contributed by atoms with Crippen LogP contribution in [-0.2, 0) is 0 Å². The number of nitrogens with one attached hydrogen (secondary N) is 1. The van der Waals surface area contributed by atoms with E-state index in [2.05, 4.69) is 4.98 Å². The average Bonchev–Trinajstić information content (AvgIpc) is 3.10. The van der Waals surface area contributed by atoms with Crippen LogP contribution in [0.5, 0.6) is 0 Å². The molecule has 0 aromatic carbocycles. The number of fused-ring (bicyclic) bond motifs is 1. The summed E-state index contributed by atoms with van der Waals surface area (Å²) in [6, 6.07) is 1.24. The van der Waals surface area contributed by atoms with E-state index in [4.69, 9.17) is 4.42 Å². The lowest BCUT2D eigenvalue weighted by molar-refractivity contribution is 0.140. The maximum Gasteiger partial charge on any atom is 0.337 e. The van der Waals surface area contributed by atoms with Gasteiger partial charge in [-0.2, -0.15) is 4.98 Å². The molecule has 0 amide bonds. The minimum Gasteiger partial charge on any atom is -0.403 e. The fraction of sp³-hybridized carbons (Fsp3) is 0.364. The summed E-state index contributed by atoms with van der Waals surface area (Å²) < 4.78 is 29.7. The zero-order valence-electron chi connectivity index (χ0n) is 9.07. The van der Waals surface area contributed by atoms with Crippen molar-refractivity contribution >= 4 is 11.1 Å². The van der Waals surface area contributed by atoms with Crippen molar-refractivity contribution in [3.63, 3.8) is 0 Å². The Bertz CT molecular complexity index is 731. The summed E-state index contributed by atoms with van der Waals surface area (Å²) in [5.74, 6) is -0.666. The lowest BCUT2D eigenvalue weighted by atomic mass is 10.1. The van der Waals surface area contributed by atoms with Gasteiger partial charge in [-0.3, -0.25) is 4.79 Å². The van der Waals surface area contributed by atoms with Gasteiger partial charge in [-0.05, 0) is 24.3 Å². The molecule has 0 bridgehead atoms. The predicted octanol–water partition coefficient (Wildman–Crippen LogP) is 1.69. The molecule has 0 aliphatic heterocycles. The standard InChI is InChI=1S/C11H8F2N2O3/c12-8(13)9-14-10(17)7-5(4-1-2-4)3-6(16)18-11(7)15-9/h3-4,8H,1-2H2,(H,14,15,17). The van der Waals surface area contributed by atoms with Gasteiger partial charge in [0.2, 0.25) is 5.71 Å². The number of rotatable bonds is 2. The Labute approximate surface area is 98.5 Å². The van der Waals surface area contributed by atoms with Gasteiger partial charge in [0.1, 0.15) is 5.39 Å². The summed E-state index contributed by atoms with van der Waals surface area (Å²) in [5, 5.41) is 0.0986. The highest BCUT2D eigenvalue weighted by atomic mass is 19.3. The molecule has 3 rings (SSSR count). The van der Waals surface area contributed by atoms with E-state index in [0.29, 0.717) is 5.56 Å². The fourth-order valence-electron chi connectivity index (χ4n) is 1.94. The molecule has 0 spiro atoms. The van der Waals surface area contributed by atoms with E-state index in [1.807, 2.05) is 4.98 Å². The third-order valence-electron chi connectivity index (χ3n) is 2.89. The van der Waals surface area contributed by atoms with Crippen LogP contribution in [0.25, 0.3) is 11.1 Å². The van der Waals surface area contributed by atoms with Crippen molar-refractivity contribution in [3.05, 3.63) is 38.2 Å². The quantitative estimate of drug-likeness (QED) is 0.884. The van der Waals surface area contributed by atoms with Crippen molar-refractivity contribution in [2.45, 2.75) is 25.2 Å². The van der Waals surface area contributed by atoms with E-state index in [1.54, 1.807) is 0 Å². The molecule has 2 heterocycles. The molecular formula is C11H8F2N2O3. The zero-order valence-corrected chi connectivity index (χ0v) is 9.07. The monoisotopic (exact) mass is 254 g/mol. The van der Waals surface area contributed by atoms with Crippen molar-refractivity contribution in [1.82, 2.24) is 9.97 Å². The highest BCUT2D eigenvalue weighted by Crippen LogP contribution is 2.41. The molecule has 5 nitrogen and oxygen atoms in total. The molecular weight excluding hydrogens is 246 g/mol. The molecule has 0 unspecified atom stereocenters. The van der Waals surface area contributed by atoms with Crippen LogP contribution >= 0.6 is 0 Å². The van der Waals surface area contributed by atoms with Gasteiger partial charge in [0.25, 0.3) is 12.0 Å². The van der Waals surface area contributed by atoms with E-state index in [0.717, 1.165) is 12.8 Å². The molecule has 1 aliphatic carbocycles. The molecule has 0 atom stereocenters. The number of halogens is 2. The first-order valence-corrected chi connectivity index (χ1v) is 5.42. The second-order valence-electron chi connectivity index (χ2n) is 4.23. The number of alkyl halides is 2. The van der Waals surface area contributed by atoms with Crippen molar-refractivity contribution in [3.8, 4) is 0 Å². The summed E-state index contributed by atoms with van der Waals surface area (Å²) in [7, 11) is 0. The van der Waals surface area contributed by atoms with Crippen molar-refractivity contribution in [2.24, 2.45) is 0 Å². The third kappa shape index (κ3) is 1.71. The number of nitrogens with zero attached hydrogens (tertiary/aromatic N) is 1. The fourth-order valence-corrected chi connectivity index (χ4v) is 1.94. The Balaban J connectivity index is 2.38. The number of aromatic amines is 1. The van der Waals surface area contributed by atoms with Gasteiger partial charge in [0.05, 0.1) is 0 Å². The Morgan fingerprint density at radius 2 is 2.11 bits per heavy atom. The SMILES string of the molecule is O=c1cc(C2CC2)c2c(=O)[nH]c(C(F)F)nc2o1. The van der Waals surface area contributed by atoms with Crippen LogP contribution in [-0.4, -0.2) is 9.97 Å². The zero-order chi connectivity index (χ0) is 12.9. The van der Waals surface area contributed by atoms with Crippen LogP contribution < -0.4 is 11.2 Å². The summed E-state index contributed by atoms with van der Waals surface area (Å²) in [6.07, 6.45) is -1.18. The minimum absolute atomic E-state index is 0.0986. The van der Waals surface area contributed by atoms with Crippen molar-refractivity contribution in [1.29, 1.82) is 0 Å². The van der Waals surface area contributed by atoms with Gasteiger partial charge in [0.15, 0.2) is 5.82 Å². The van der Waals surface area contributed by atoms with Gasteiger partial charge in [-0.25, -0.2) is 13.6 Å². The number of aromatic nitrogens is 2. The lowest BCUT2D eigenvalue weighted by Crippen LogP contribution is -2.16. The van der Waals surface area contributed by atoms with Gasteiger partial charge in [0, 0.05) is 6.07 Å². The topological polar surface area (TPSA) is 76.0 Å². The second kappa shape index (κ2) is 3.72. The number of hydrogen-bond acceptors (Lipinski definition) is 4. The number of H-pyrrole nitrogens is 1. The smallest absolute Gasteiger partial charge is 0.337 e. The van der Waals surface area contributed by atoms with Crippen molar-refractivity contribution < 1.29 is 13.2 Å². The second-order valence-corrected chi connectivity index (χ2v) is 4.23. The molecule has 2 aromatic heterocycles. The molecule has 0 radical (unpaired) electrons. The lowest BCUT2D eigenvalue weighted by Gasteiger charge is -2.04. The van der Waals surface area contributed by atoms with Gasteiger partial charge < -0.3 is 9.40 Å². The molecule has 94 valence electrons. The maximum atomic E-state index is 12.5. The Hall–Kier alpha value is -2.05. The number of hydrogen-bond donors (Lipinski definition) is 1. The van der Waals surface area contributed by atoms with E-state index in [9.17, 15) is 18.4 Å². The van der Waals surface area contributed by atoms with E-state index in [-0.39, 0.29) is 17.0 Å². The van der Waals surface area contributed by atoms with Crippen LogP contribution in [0.3, 0.4) is 0 Å². The molecule has 0 saturated heterocycles. The molecule has 1 fully saturated rings. The Morgan fingerprint density at radius 3 is 2.72 bits per heavy atom. The first-order chi connectivity index (χ1) is 8.56. The van der Waals surface area contributed by atoms with Gasteiger partial charge >= 0.3 is 5.63 Å². The Morgan fingerprint density at radius 1 is 1.39 bits per heavy atom. The van der Waals surface area contributed by atoms with Crippen molar-refractivity contribution in [2.75, 3.05) is 0 Å². The normalized spacial score (nSPS) is 15.5. The predicted molar refractivity (Wildman–Crippen MR) is 57.8 cm³/mol. The van der Waals surface area contributed by atoms with Crippen LogP contribution in [0, 0.1) is 0 Å². The molecule has 1 aliphatic rings. The maximum absolute atomic E-state index is 12.5. The Kier molecular flexibility index (Phi) is 2.29. The van der Waals surface area contributed by atoms with E-state index in [1.165, 1.54) is 6.07 Å². The summed E-state index contributed by atoms with van der Waals surface area (Å²) in [6.45, 7) is 0. The highest BCUT2D eigenvalue weighted by molar-refractivity contribution is 5.76. The molecule has 2 aromatic rings. The molecule has 7 heteroatoms. The first kappa shape index (κ1) is 11.1. The van der Waals surface area contributed by atoms with Crippen LogP contribution in [0.15, 0.2) is 20.1 Å². The largest absolute Gasteiger partial charge is 0.403 e. The molecule has 1 saturated carbocycles. The van der Waals surface area contributed by atoms with Gasteiger partial charge in [-0.15, -0.1) is 0 Å². The minimum atomic E-state index is -2.92. The first-order valence-electron chi connectivity index (χ1n) is 5.42. The molecule has 1 N–H and O–H groups in total. The van der Waals surface area contributed by atoms with E-state index >= 15 is 0 Å². The van der Waals surface area contributed by atoms with Gasteiger partial charge in [-0.1, -0.05) is 0 Å². The highest BCUT2D eigenvalue weighted by Gasteiger charge is 2.28. The van der Waals surface area contributed by atoms with Crippen LogP contribution in [0.1, 0.15) is 36.6 Å².